The van der Waals surface area contributed by atoms with Crippen LogP contribution >= 0.6 is 0 Å². The van der Waals surface area contributed by atoms with E-state index < -0.39 is 0 Å². The lowest BCUT2D eigenvalue weighted by Gasteiger charge is -2.19. The molecular weight excluding hydrogens is 152 g/mol. The van der Waals surface area contributed by atoms with Gasteiger partial charge in [0.2, 0.25) is 0 Å². The van der Waals surface area contributed by atoms with Crippen LogP contribution in [-0.2, 0) is 0 Å². The van der Waals surface area contributed by atoms with Gasteiger partial charge in [-0.05, 0) is 18.9 Å². The van der Waals surface area contributed by atoms with Gasteiger partial charge in [-0.25, -0.2) is 0 Å². The Morgan fingerprint density at radius 2 is 2.17 bits per heavy atom. The maximum absolute atomic E-state index is 8.93. The lowest BCUT2D eigenvalue weighted by atomic mass is 10.1. The van der Waals surface area contributed by atoms with Gasteiger partial charge in [-0.2, -0.15) is 5.26 Å². The Labute approximate surface area is 74.4 Å². The maximum Gasteiger partial charge on any atom is 0.0622 e. The normalized spacial score (nSPS) is 12.9. The van der Waals surface area contributed by atoms with Crippen LogP contribution in [0, 0.1) is 17.2 Å². The monoisotopic (exact) mass is 170 g/mol. The molecular formula is C9H18N2O. The summed E-state index contributed by atoms with van der Waals surface area (Å²) in [6, 6.07) is 2.26. The van der Waals surface area contributed by atoms with Crippen LogP contribution in [0.25, 0.3) is 0 Å². The first kappa shape index (κ1) is 11.4. The number of hydrogen-bond donors (Lipinski definition) is 2. The zero-order valence-electron chi connectivity index (χ0n) is 7.88. The highest BCUT2D eigenvalue weighted by Crippen LogP contribution is 2.00. The average molecular weight is 170 g/mol. The first-order chi connectivity index (χ1) is 5.72. The first-order valence-electron chi connectivity index (χ1n) is 4.43. The van der Waals surface area contributed by atoms with Gasteiger partial charge in [-0.15, -0.1) is 0 Å². The molecule has 3 heteroatoms. The largest absolute Gasteiger partial charge is 0.395 e. The molecule has 0 aromatic carbocycles. The van der Waals surface area contributed by atoms with E-state index in [1.165, 1.54) is 0 Å². The van der Waals surface area contributed by atoms with Gasteiger partial charge in [0, 0.05) is 12.5 Å². The number of nitriles is 1. The minimum Gasteiger partial charge on any atom is -0.395 e. The van der Waals surface area contributed by atoms with E-state index in [1.807, 2.05) is 0 Å². The van der Waals surface area contributed by atoms with Crippen LogP contribution < -0.4 is 5.32 Å². The second kappa shape index (κ2) is 7.08. The third-order valence-electron chi connectivity index (χ3n) is 1.87. The molecule has 0 aliphatic rings. The predicted octanol–water partition coefficient (Wildman–Crippen LogP) is 0.897. The minimum absolute atomic E-state index is 0.170. The fraction of sp³-hybridized carbons (Fsp3) is 0.889. The molecule has 0 amide bonds. The van der Waals surface area contributed by atoms with Gasteiger partial charge in [0.15, 0.2) is 0 Å². The van der Waals surface area contributed by atoms with Gasteiger partial charge >= 0.3 is 0 Å². The molecule has 0 spiro atoms. The molecule has 1 atom stereocenters. The summed E-state index contributed by atoms with van der Waals surface area (Å²) >= 11 is 0. The van der Waals surface area contributed by atoms with Crippen LogP contribution in [0.15, 0.2) is 0 Å². The molecule has 0 aliphatic carbocycles. The van der Waals surface area contributed by atoms with E-state index in [4.69, 9.17) is 10.4 Å². The Morgan fingerprint density at radius 1 is 1.50 bits per heavy atom. The van der Waals surface area contributed by atoms with Gasteiger partial charge in [0.25, 0.3) is 0 Å². The second-order valence-electron chi connectivity index (χ2n) is 3.25. The quantitative estimate of drug-likeness (QED) is 0.582. The van der Waals surface area contributed by atoms with Crippen molar-refractivity contribution in [2.75, 3.05) is 13.2 Å². The van der Waals surface area contributed by atoms with Crippen LogP contribution in [-0.4, -0.2) is 24.3 Å². The molecule has 0 heterocycles. The molecule has 1 unspecified atom stereocenters. The molecule has 0 saturated heterocycles. The lowest BCUT2D eigenvalue weighted by molar-refractivity contribution is 0.211. The van der Waals surface area contributed by atoms with Gasteiger partial charge in [-0.1, -0.05) is 13.8 Å². The van der Waals surface area contributed by atoms with E-state index in [1.54, 1.807) is 0 Å². The molecule has 0 saturated carbocycles. The number of aliphatic hydroxyl groups is 1. The van der Waals surface area contributed by atoms with Crippen LogP contribution in [0.4, 0.5) is 0 Å². The Hall–Kier alpha value is -0.590. The van der Waals surface area contributed by atoms with Crippen molar-refractivity contribution in [3.8, 4) is 6.07 Å². The molecule has 3 nitrogen and oxygen atoms in total. The van der Waals surface area contributed by atoms with Crippen molar-refractivity contribution in [2.24, 2.45) is 5.92 Å². The van der Waals surface area contributed by atoms with Crippen molar-refractivity contribution in [1.82, 2.24) is 5.32 Å². The van der Waals surface area contributed by atoms with E-state index in [-0.39, 0.29) is 12.6 Å². The molecule has 0 radical (unpaired) electrons. The van der Waals surface area contributed by atoms with Gasteiger partial charge in [-0.3, -0.25) is 0 Å². The molecule has 0 aliphatic heterocycles. The van der Waals surface area contributed by atoms with E-state index in [2.05, 4.69) is 25.2 Å². The molecule has 0 rings (SSSR count). The lowest BCUT2D eigenvalue weighted by Crippen LogP contribution is -2.37. The number of hydrogen-bond acceptors (Lipinski definition) is 3. The van der Waals surface area contributed by atoms with Crippen LogP contribution in [0.5, 0.6) is 0 Å². The zero-order valence-corrected chi connectivity index (χ0v) is 7.88. The van der Waals surface area contributed by atoms with Crippen LogP contribution in [0.1, 0.15) is 26.7 Å². The predicted molar refractivity (Wildman–Crippen MR) is 48.6 cm³/mol. The Bertz CT molecular complexity index is 140. The van der Waals surface area contributed by atoms with E-state index in [0.29, 0.717) is 12.3 Å². The molecule has 70 valence electrons. The molecule has 0 fully saturated rings. The minimum atomic E-state index is 0.170. The fourth-order valence-corrected chi connectivity index (χ4v) is 0.966. The van der Waals surface area contributed by atoms with E-state index in [9.17, 15) is 0 Å². The van der Waals surface area contributed by atoms with E-state index >= 15 is 0 Å². The summed E-state index contributed by atoms with van der Waals surface area (Å²) in [7, 11) is 0. The molecule has 12 heavy (non-hydrogen) atoms. The molecule has 2 N–H and O–H groups in total. The number of unbranched alkanes of at least 4 members (excludes halogenated alkanes) is 1. The van der Waals surface area contributed by atoms with Crippen molar-refractivity contribution >= 4 is 0 Å². The van der Waals surface area contributed by atoms with Crippen molar-refractivity contribution in [2.45, 2.75) is 32.7 Å². The summed E-state index contributed by atoms with van der Waals surface area (Å²) in [5, 5.41) is 20.4. The van der Waals surface area contributed by atoms with Crippen molar-refractivity contribution < 1.29 is 5.11 Å². The van der Waals surface area contributed by atoms with Crippen molar-refractivity contribution in [1.29, 1.82) is 5.26 Å². The third-order valence-corrected chi connectivity index (χ3v) is 1.87. The highest BCUT2D eigenvalue weighted by atomic mass is 16.3. The van der Waals surface area contributed by atoms with Crippen molar-refractivity contribution in [3.05, 3.63) is 0 Å². The summed E-state index contributed by atoms with van der Waals surface area (Å²) in [4.78, 5) is 0. The molecule has 0 aromatic heterocycles. The number of aliphatic hydroxyl groups excluding tert-OH is 1. The van der Waals surface area contributed by atoms with E-state index in [0.717, 1.165) is 13.0 Å². The zero-order chi connectivity index (χ0) is 9.40. The standard InChI is InChI=1S/C9H18N2O/c1-8(2)9(7-12)11-6-4-3-5-10/h8-9,11-12H,3-4,6-7H2,1-2H3. The highest BCUT2D eigenvalue weighted by molar-refractivity contribution is 4.72. The third kappa shape index (κ3) is 5.11. The highest BCUT2D eigenvalue weighted by Gasteiger charge is 2.09. The van der Waals surface area contributed by atoms with Crippen LogP contribution in [0.2, 0.25) is 0 Å². The fourth-order valence-electron chi connectivity index (χ4n) is 0.966. The topological polar surface area (TPSA) is 56.0 Å². The smallest absolute Gasteiger partial charge is 0.0622 e. The number of nitrogens with zero attached hydrogens (tertiary/aromatic N) is 1. The van der Waals surface area contributed by atoms with Crippen LogP contribution in [0.3, 0.4) is 0 Å². The SMILES string of the molecule is CC(C)C(CO)NCCCC#N. The summed E-state index contributed by atoms with van der Waals surface area (Å²) in [6.07, 6.45) is 1.45. The second-order valence-corrected chi connectivity index (χ2v) is 3.25. The summed E-state index contributed by atoms with van der Waals surface area (Å²) in [5.74, 6) is 0.442. The summed E-state index contributed by atoms with van der Waals surface area (Å²) in [5.41, 5.74) is 0. The Kier molecular flexibility index (Phi) is 6.73. The average Bonchev–Trinajstić information content (AvgIpc) is 2.04. The maximum atomic E-state index is 8.93. The van der Waals surface area contributed by atoms with Gasteiger partial charge in [0.1, 0.15) is 0 Å². The van der Waals surface area contributed by atoms with Gasteiger partial charge in [0.05, 0.1) is 12.7 Å². The summed E-state index contributed by atoms with van der Waals surface area (Å²) in [6.45, 7) is 5.12. The Morgan fingerprint density at radius 3 is 2.58 bits per heavy atom. The molecule has 0 aromatic rings. The molecule has 0 bridgehead atoms. The van der Waals surface area contributed by atoms with Gasteiger partial charge < -0.3 is 10.4 Å². The Balaban J connectivity index is 3.40. The number of rotatable bonds is 6. The number of nitrogens with one attached hydrogen (secondary N) is 1. The summed E-state index contributed by atoms with van der Waals surface area (Å²) < 4.78 is 0. The van der Waals surface area contributed by atoms with Crippen molar-refractivity contribution in [3.63, 3.8) is 0 Å². The first-order valence-corrected chi connectivity index (χ1v) is 4.43.